The number of aromatic hydroxyl groups is 1. The molecular weight excluding hydrogens is 152 g/mol. The van der Waals surface area contributed by atoms with Crippen molar-refractivity contribution in [1.29, 1.82) is 0 Å². The van der Waals surface area contributed by atoms with Gasteiger partial charge in [-0.05, 0) is 30.5 Å². The number of carbonyl (C=O) groups is 1. The highest BCUT2D eigenvalue weighted by atomic mass is 16.3. The lowest BCUT2D eigenvalue weighted by atomic mass is 10.0. The maximum Gasteiger partial charge on any atom is 0.120 e. The third-order valence-electron chi connectivity index (χ3n) is 1.95. The van der Waals surface area contributed by atoms with E-state index in [9.17, 15) is 9.90 Å². The Bertz CT molecular complexity index is 279. The van der Waals surface area contributed by atoms with Crippen molar-refractivity contribution in [3.8, 4) is 5.75 Å². The molecule has 0 bridgehead atoms. The van der Waals surface area contributed by atoms with Crippen LogP contribution in [0.3, 0.4) is 0 Å². The quantitative estimate of drug-likeness (QED) is 0.692. The molecule has 0 saturated carbocycles. The van der Waals surface area contributed by atoms with E-state index >= 15 is 0 Å². The molecule has 0 aromatic heterocycles. The molecular formula is C10H12O2. The Balaban J connectivity index is 2.84. The molecule has 0 amide bonds. The Morgan fingerprint density at radius 1 is 1.50 bits per heavy atom. The fraction of sp³-hybridized carbons (Fsp3) is 0.300. The molecule has 0 fully saturated rings. The van der Waals surface area contributed by atoms with E-state index < -0.39 is 0 Å². The third kappa shape index (κ3) is 1.84. The first-order chi connectivity index (χ1) is 5.75. The molecule has 2 heteroatoms. The van der Waals surface area contributed by atoms with Crippen molar-refractivity contribution >= 4 is 6.29 Å². The molecule has 0 unspecified atom stereocenters. The first kappa shape index (κ1) is 8.78. The molecule has 0 saturated heterocycles. The van der Waals surface area contributed by atoms with E-state index in [-0.39, 0.29) is 0 Å². The minimum Gasteiger partial charge on any atom is -0.508 e. The van der Waals surface area contributed by atoms with Gasteiger partial charge in [-0.15, -0.1) is 0 Å². The fourth-order valence-corrected chi connectivity index (χ4v) is 1.16. The molecule has 0 spiro atoms. The molecule has 0 atom stereocenters. The van der Waals surface area contributed by atoms with Gasteiger partial charge in [0.2, 0.25) is 0 Å². The number of phenols is 1. The Kier molecular flexibility index (Phi) is 2.86. The molecule has 0 heterocycles. The topological polar surface area (TPSA) is 37.3 Å². The number of aryl methyl sites for hydroxylation is 1. The molecule has 1 aromatic rings. The van der Waals surface area contributed by atoms with Crippen LogP contribution >= 0.6 is 0 Å². The number of hydrogen-bond donors (Lipinski definition) is 1. The van der Waals surface area contributed by atoms with Crippen LogP contribution < -0.4 is 0 Å². The molecule has 1 rings (SSSR count). The minimum absolute atomic E-state index is 0.304. The van der Waals surface area contributed by atoms with Crippen molar-refractivity contribution in [2.45, 2.75) is 19.8 Å². The van der Waals surface area contributed by atoms with Crippen LogP contribution in [0.1, 0.15) is 17.5 Å². The summed E-state index contributed by atoms with van der Waals surface area (Å²) in [5.41, 5.74) is 1.92. The number of carbonyl (C=O) groups excluding carboxylic acids is 1. The van der Waals surface area contributed by atoms with Crippen LogP contribution in [0.2, 0.25) is 0 Å². The zero-order valence-electron chi connectivity index (χ0n) is 7.08. The highest BCUT2D eigenvalue weighted by Crippen LogP contribution is 2.20. The summed E-state index contributed by atoms with van der Waals surface area (Å²) in [5.74, 6) is 0.304. The van der Waals surface area contributed by atoms with Gasteiger partial charge in [0.1, 0.15) is 12.0 Å². The van der Waals surface area contributed by atoms with Crippen LogP contribution in [0, 0.1) is 6.92 Å². The van der Waals surface area contributed by atoms with Gasteiger partial charge in [-0.2, -0.15) is 0 Å². The van der Waals surface area contributed by atoms with Gasteiger partial charge in [0.15, 0.2) is 0 Å². The van der Waals surface area contributed by atoms with Crippen LogP contribution in [0.4, 0.5) is 0 Å². The second kappa shape index (κ2) is 3.90. The summed E-state index contributed by atoms with van der Waals surface area (Å²) in [4.78, 5) is 10.1. The van der Waals surface area contributed by atoms with Gasteiger partial charge in [-0.1, -0.05) is 12.1 Å². The van der Waals surface area contributed by atoms with Crippen LogP contribution in [0.15, 0.2) is 18.2 Å². The lowest BCUT2D eigenvalue weighted by Gasteiger charge is -2.04. The first-order valence-electron chi connectivity index (χ1n) is 3.97. The second-order valence-corrected chi connectivity index (χ2v) is 2.77. The molecule has 0 aliphatic heterocycles. The molecule has 2 nitrogen and oxygen atoms in total. The highest BCUT2D eigenvalue weighted by molar-refractivity contribution is 5.51. The number of benzene rings is 1. The number of phenolic OH excluding ortho intramolecular Hbond substituents is 1. The lowest BCUT2D eigenvalue weighted by Crippen LogP contribution is -1.90. The number of aldehydes is 1. The Morgan fingerprint density at radius 3 is 2.92 bits per heavy atom. The predicted molar refractivity (Wildman–Crippen MR) is 47.2 cm³/mol. The lowest BCUT2D eigenvalue weighted by molar-refractivity contribution is -0.107. The Labute approximate surface area is 71.8 Å². The third-order valence-corrected chi connectivity index (χ3v) is 1.95. The van der Waals surface area contributed by atoms with E-state index in [0.29, 0.717) is 18.6 Å². The zero-order chi connectivity index (χ0) is 8.97. The molecule has 12 heavy (non-hydrogen) atoms. The summed E-state index contributed by atoms with van der Waals surface area (Å²) < 4.78 is 0. The number of hydrogen-bond acceptors (Lipinski definition) is 2. The molecule has 0 radical (unpaired) electrons. The normalized spacial score (nSPS) is 9.75. The zero-order valence-corrected chi connectivity index (χ0v) is 7.08. The summed E-state index contributed by atoms with van der Waals surface area (Å²) in [6.45, 7) is 1.86. The average molecular weight is 164 g/mol. The van der Waals surface area contributed by atoms with E-state index in [0.717, 1.165) is 17.4 Å². The van der Waals surface area contributed by atoms with Gasteiger partial charge in [0.05, 0.1) is 0 Å². The van der Waals surface area contributed by atoms with Crippen molar-refractivity contribution < 1.29 is 9.90 Å². The van der Waals surface area contributed by atoms with Gasteiger partial charge in [-0.3, -0.25) is 0 Å². The van der Waals surface area contributed by atoms with Gasteiger partial charge < -0.3 is 9.90 Å². The van der Waals surface area contributed by atoms with Crippen molar-refractivity contribution in [3.05, 3.63) is 29.3 Å². The Hall–Kier alpha value is -1.31. The summed E-state index contributed by atoms with van der Waals surface area (Å²) in [6, 6.07) is 5.38. The molecule has 1 aromatic carbocycles. The fourth-order valence-electron chi connectivity index (χ4n) is 1.16. The van der Waals surface area contributed by atoms with E-state index in [2.05, 4.69) is 0 Å². The smallest absolute Gasteiger partial charge is 0.120 e. The van der Waals surface area contributed by atoms with Crippen LogP contribution in [-0.4, -0.2) is 11.4 Å². The van der Waals surface area contributed by atoms with Gasteiger partial charge >= 0.3 is 0 Å². The molecule has 0 aliphatic carbocycles. The van der Waals surface area contributed by atoms with E-state index in [4.69, 9.17) is 0 Å². The van der Waals surface area contributed by atoms with E-state index in [1.54, 1.807) is 12.1 Å². The van der Waals surface area contributed by atoms with Gasteiger partial charge in [0, 0.05) is 6.42 Å². The average Bonchev–Trinajstić information content (AvgIpc) is 2.08. The molecule has 64 valence electrons. The predicted octanol–water partition coefficient (Wildman–Crippen LogP) is 1.83. The van der Waals surface area contributed by atoms with E-state index in [1.165, 1.54) is 0 Å². The summed E-state index contributed by atoms with van der Waals surface area (Å²) in [5, 5.41) is 9.31. The van der Waals surface area contributed by atoms with Crippen molar-refractivity contribution in [2.24, 2.45) is 0 Å². The molecule has 1 N–H and O–H groups in total. The second-order valence-electron chi connectivity index (χ2n) is 2.77. The van der Waals surface area contributed by atoms with E-state index in [1.807, 2.05) is 13.0 Å². The van der Waals surface area contributed by atoms with Gasteiger partial charge in [0.25, 0.3) is 0 Å². The first-order valence-corrected chi connectivity index (χ1v) is 3.97. The van der Waals surface area contributed by atoms with Crippen molar-refractivity contribution in [2.75, 3.05) is 0 Å². The van der Waals surface area contributed by atoms with Crippen LogP contribution in [0.5, 0.6) is 5.75 Å². The maximum absolute atomic E-state index is 10.1. The van der Waals surface area contributed by atoms with Crippen molar-refractivity contribution in [1.82, 2.24) is 0 Å². The summed E-state index contributed by atoms with van der Waals surface area (Å²) >= 11 is 0. The summed E-state index contributed by atoms with van der Waals surface area (Å²) in [7, 11) is 0. The highest BCUT2D eigenvalue weighted by Gasteiger charge is 2.00. The number of rotatable bonds is 3. The largest absolute Gasteiger partial charge is 0.508 e. The van der Waals surface area contributed by atoms with Crippen molar-refractivity contribution in [3.63, 3.8) is 0 Å². The maximum atomic E-state index is 10.1. The minimum atomic E-state index is 0.304. The van der Waals surface area contributed by atoms with Crippen LogP contribution in [-0.2, 0) is 11.2 Å². The summed E-state index contributed by atoms with van der Waals surface area (Å²) in [6.07, 6.45) is 2.12. The monoisotopic (exact) mass is 164 g/mol. The molecule has 0 aliphatic rings. The SMILES string of the molecule is Cc1c(O)cccc1CCC=O. The van der Waals surface area contributed by atoms with Gasteiger partial charge in [-0.25, -0.2) is 0 Å². The standard InChI is InChI=1S/C10H12O2/c1-8-9(5-3-7-11)4-2-6-10(8)12/h2,4,6-7,12H,3,5H2,1H3. The Morgan fingerprint density at radius 2 is 2.25 bits per heavy atom. The van der Waals surface area contributed by atoms with Crippen LogP contribution in [0.25, 0.3) is 0 Å².